The maximum absolute atomic E-state index is 9.49. The van der Waals surface area contributed by atoms with E-state index in [0.717, 1.165) is 11.4 Å². The number of nitrogens with zero attached hydrogens (tertiary/aromatic N) is 4. The number of rotatable bonds is 6. The van der Waals surface area contributed by atoms with Crippen LogP contribution in [0.25, 0.3) is 0 Å². The summed E-state index contributed by atoms with van der Waals surface area (Å²) in [6.45, 7) is 4.07. The van der Waals surface area contributed by atoms with Gasteiger partial charge in [0.15, 0.2) is 0 Å². The van der Waals surface area contributed by atoms with Crippen molar-refractivity contribution in [3.05, 3.63) is 40.6 Å². The predicted molar refractivity (Wildman–Crippen MR) is 101 cm³/mol. The number of nitriles is 1. The van der Waals surface area contributed by atoms with Crippen LogP contribution in [0.3, 0.4) is 0 Å². The highest BCUT2D eigenvalue weighted by Gasteiger charge is 2.10. The van der Waals surface area contributed by atoms with E-state index in [2.05, 4.69) is 21.5 Å². The highest BCUT2D eigenvalue weighted by Crippen LogP contribution is 2.20. The van der Waals surface area contributed by atoms with E-state index in [-0.39, 0.29) is 0 Å². The zero-order valence-corrected chi connectivity index (χ0v) is 15.2. The fraction of sp³-hybridized carbons (Fsp3) is 0.312. The van der Waals surface area contributed by atoms with Gasteiger partial charge in [-0.25, -0.2) is 0 Å². The minimum atomic E-state index is 0.385. The van der Waals surface area contributed by atoms with Crippen molar-refractivity contribution >= 4 is 40.3 Å². The van der Waals surface area contributed by atoms with Crippen molar-refractivity contribution < 1.29 is 0 Å². The lowest BCUT2D eigenvalue weighted by Gasteiger charge is -2.12. The van der Waals surface area contributed by atoms with Gasteiger partial charge in [0.05, 0.1) is 0 Å². The molecule has 0 saturated heterocycles. The third-order valence-corrected chi connectivity index (χ3v) is 3.74. The Bertz CT molecular complexity index is 661. The number of hydrogen-bond acceptors (Lipinski definition) is 6. The van der Waals surface area contributed by atoms with Crippen LogP contribution in [-0.4, -0.2) is 36.2 Å². The minimum Gasteiger partial charge on any atom is -0.358 e. The average molecular weight is 350 g/mol. The lowest BCUT2D eigenvalue weighted by molar-refractivity contribution is 0.370. The van der Waals surface area contributed by atoms with Gasteiger partial charge in [0.1, 0.15) is 23.4 Å². The summed E-state index contributed by atoms with van der Waals surface area (Å²) in [5, 5.41) is 19.8. The van der Waals surface area contributed by atoms with Crippen molar-refractivity contribution in [3.8, 4) is 6.07 Å². The molecule has 0 fully saturated rings. The SMILES string of the molecule is C/C=N\N(C)C/N=C(SC)\C(C#N)=C(/C)Nc1cccc(Cl)c1. The molecule has 0 spiro atoms. The van der Waals surface area contributed by atoms with Crippen LogP contribution in [0.1, 0.15) is 13.8 Å². The van der Waals surface area contributed by atoms with Gasteiger partial charge in [0.25, 0.3) is 0 Å². The first-order valence-corrected chi connectivity index (χ1v) is 8.54. The topological polar surface area (TPSA) is 63.8 Å². The maximum atomic E-state index is 9.49. The third kappa shape index (κ3) is 6.35. The van der Waals surface area contributed by atoms with Crippen LogP contribution in [0.15, 0.2) is 45.6 Å². The summed E-state index contributed by atoms with van der Waals surface area (Å²) in [4.78, 5) is 4.46. The number of benzene rings is 1. The van der Waals surface area contributed by atoms with Crippen molar-refractivity contribution in [3.63, 3.8) is 0 Å². The average Bonchev–Trinajstić information content (AvgIpc) is 2.51. The predicted octanol–water partition coefficient (Wildman–Crippen LogP) is 4.21. The molecule has 0 amide bonds. The van der Waals surface area contributed by atoms with E-state index in [4.69, 9.17) is 11.6 Å². The largest absolute Gasteiger partial charge is 0.358 e. The van der Waals surface area contributed by atoms with Crippen LogP contribution in [0.4, 0.5) is 5.69 Å². The van der Waals surface area contributed by atoms with E-state index in [1.165, 1.54) is 11.8 Å². The van der Waals surface area contributed by atoms with Crippen LogP contribution < -0.4 is 5.32 Å². The number of halogens is 1. The molecule has 5 nitrogen and oxygen atoms in total. The highest BCUT2D eigenvalue weighted by atomic mass is 35.5. The zero-order chi connectivity index (χ0) is 17.2. The Kier molecular flexibility index (Phi) is 8.23. The van der Waals surface area contributed by atoms with E-state index in [1.54, 1.807) is 23.4 Å². The summed E-state index contributed by atoms with van der Waals surface area (Å²) in [5.74, 6) is 0. The van der Waals surface area contributed by atoms with Gasteiger partial charge < -0.3 is 5.32 Å². The molecule has 0 heterocycles. The monoisotopic (exact) mass is 349 g/mol. The Morgan fingerprint density at radius 3 is 2.83 bits per heavy atom. The summed E-state index contributed by atoms with van der Waals surface area (Å²) >= 11 is 7.41. The number of anilines is 1. The molecule has 0 aliphatic heterocycles. The summed E-state index contributed by atoms with van der Waals surface area (Å²) in [5.41, 5.74) is 2.06. The second-order valence-electron chi connectivity index (χ2n) is 4.59. The van der Waals surface area contributed by atoms with Crippen LogP contribution in [-0.2, 0) is 0 Å². The molecule has 0 atom stereocenters. The van der Waals surface area contributed by atoms with Crippen LogP contribution in [0.2, 0.25) is 5.02 Å². The minimum absolute atomic E-state index is 0.385. The summed E-state index contributed by atoms with van der Waals surface area (Å²) in [6, 6.07) is 9.57. The third-order valence-electron chi connectivity index (χ3n) is 2.78. The van der Waals surface area contributed by atoms with Gasteiger partial charge in [0, 0.05) is 29.7 Å². The summed E-state index contributed by atoms with van der Waals surface area (Å²) in [6.07, 6.45) is 3.59. The summed E-state index contributed by atoms with van der Waals surface area (Å²) < 4.78 is 0. The van der Waals surface area contributed by atoms with Gasteiger partial charge in [-0.3, -0.25) is 10.0 Å². The molecule has 0 unspecified atom stereocenters. The van der Waals surface area contributed by atoms with Crippen LogP contribution in [0, 0.1) is 11.3 Å². The second kappa shape index (κ2) is 9.93. The van der Waals surface area contributed by atoms with Crippen molar-refractivity contribution in [2.45, 2.75) is 13.8 Å². The molecule has 1 N–H and O–H groups in total. The first kappa shape index (κ1) is 19.1. The molecule has 1 aromatic rings. The molecule has 1 aromatic carbocycles. The van der Waals surface area contributed by atoms with E-state index >= 15 is 0 Å². The highest BCUT2D eigenvalue weighted by molar-refractivity contribution is 8.13. The van der Waals surface area contributed by atoms with E-state index in [1.807, 2.05) is 39.3 Å². The summed E-state index contributed by atoms with van der Waals surface area (Å²) in [7, 11) is 1.83. The van der Waals surface area contributed by atoms with Gasteiger partial charge in [-0.2, -0.15) is 10.4 Å². The molecular weight excluding hydrogens is 330 g/mol. The molecule has 0 bridgehead atoms. The van der Waals surface area contributed by atoms with Crippen molar-refractivity contribution in [1.29, 1.82) is 5.26 Å². The molecule has 7 heteroatoms. The molecule has 23 heavy (non-hydrogen) atoms. The Balaban J connectivity index is 3.01. The molecule has 1 rings (SSSR count). The number of allylic oxidation sites excluding steroid dienone is 1. The Morgan fingerprint density at radius 2 is 2.26 bits per heavy atom. The molecule has 122 valence electrons. The van der Waals surface area contributed by atoms with Crippen molar-refractivity contribution in [1.82, 2.24) is 5.01 Å². The Labute approximate surface area is 146 Å². The van der Waals surface area contributed by atoms with Gasteiger partial charge in [-0.05, 0) is 38.3 Å². The molecule has 0 aliphatic rings. The van der Waals surface area contributed by atoms with Crippen molar-refractivity contribution in [2.75, 3.05) is 25.3 Å². The van der Waals surface area contributed by atoms with Gasteiger partial charge in [-0.15, -0.1) is 11.8 Å². The van der Waals surface area contributed by atoms with Crippen LogP contribution >= 0.6 is 23.4 Å². The quantitative estimate of drug-likeness (QED) is 0.361. The molecular formula is C16H20ClN5S. The number of hydrogen-bond donors (Lipinski definition) is 1. The standard InChI is InChI=1S/C16H20ClN5S/c1-5-20-22(3)11-19-16(23-4)15(10-18)12(2)21-14-8-6-7-13(17)9-14/h5-9,21H,11H2,1-4H3/b15-12+,19-16+,20-5-. The fourth-order valence-corrected chi connectivity index (χ4v) is 2.56. The molecule has 0 saturated carbocycles. The van der Waals surface area contributed by atoms with E-state index in [0.29, 0.717) is 22.3 Å². The molecule has 0 aliphatic carbocycles. The maximum Gasteiger partial charge on any atom is 0.127 e. The van der Waals surface area contributed by atoms with Gasteiger partial charge >= 0.3 is 0 Å². The number of nitrogens with one attached hydrogen (secondary N) is 1. The Hall–Kier alpha value is -1.97. The van der Waals surface area contributed by atoms with Gasteiger partial charge in [-0.1, -0.05) is 17.7 Å². The van der Waals surface area contributed by atoms with E-state index < -0.39 is 0 Å². The second-order valence-corrected chi connectivity index (χ2v) is 5.82. The smallest absolute Gasteiger partial charge is 0.127 e. The van der Waals surface area contributed by atoms with E-state index in [9.17, 15) is 5.26 Å². The molecule has 0 aromatic heterocycles. The number of aliphatic imine (C=N–C) groups is 1. The first-order valence-electron chi connectivity index (χ1n) is 6.94. The molecule has 0 radical (unpaired) electrons. The fourth-order valence-electron chi connectivity index (χ4n) is 1.78. The zero-order valence-electron chi connectivity index (χ0n) is 13.7. The van der Waals surface area contributed by atoms with Crippen LogP contribution in [0.5, 0.6) is 0 Å². The Morgan fingerprint density at radius 1 is 1.52 bits per heavy atom. The lowest BCUT2D eigenvalue weighted by atomic mass is 10.2. The number of thioether (sulfide) groups is 1. The first-order chi connectivity index (χ1) is 11.0. The lowest BCUT2D eigenvalue weighted by Crippen LogP contribution is -2.13. The normalized spacial score (nSPS) is 12.8. The van der Waals surface area contributed by atoms with Gasteiger partial charge in [0.2, 0.25) is 0 Å². The van der Waals surface area contributed by atoms with Crippen molar-refractivity contribution in [2.24, 2.45) is 10.1 Å². The number of hydrazone groups is 1.